The van der Waals surface area contributed by atoms with Crippen LogP contribution in [0.15, 0.2) is 48.6 Å². The zero-order valence-corrected chi connectivity index (χ0v) is 14.7. The molecule has 1 aromatic carbocycles. The van der Waals surface area contributed by atoms with Crippen LogP contribution in [-0.2, 0) is 11.0 Å². The maximum absolute atomic E-state index is 12.8. The second-order valence-corrected chi connectivity index (χ2v) is 6.91. The van der Waals surface area contributed by atoms with E-state index < -0.39 is 11.7 Å². The third-order valence-electron chi connectivity index (χ3n) is 4.57. The van der Waals surface area contributed by atoms with Crippen LogP contribution < -0.4 is 5.32 Å². The van der Waals surface area contributed by atoms with Gasteiger partial charge in [0.05, 0.1) is 5.56 Å². The summed E-state index contributed by atoms with van der Waals surface area (Å²) in [4.78, 5) is 11.7. The van der Waals surface area contributed by atoms with E-state index in [1.807, 2.05) is 26.8 Å². The Hall–Kier alpha value is -2.04. The highest BCUT2D eigenvalue weighted by molar-refractivity contribution is 5.87. The van der Waals surface area contributed by atoms with E-state index in [4.69, 9.17) is 0 Å². The summed E-state index contributed by atoms with van der Waals surface area (Å²) >= 11 is 0. The second kappa shape index (κ2) is 7.89. The number of benzene rings is 1. The van der Waals surface area contributed by atoms with Crippen molar-refractivity contribution >= 4 is 5.91 Å². The summed E-state index contributed by atoms with van der Waals surface area (Å²) < 4.78 is 38.3. The molecule has 1 saturated carbocycles. The summed E-state index contributed by atoms with van der Waals surface area (Å²) in [5.41, 5.74) is 0.118. The van der Waals surface area contributed by atoms with E-state index in [0.29, 0.717) is 5.92 Å². The minimum Gasteiger partial charge on any atom is -0.350 e. The molecular formula is C20H24F3NO. The Morgan fingerprint density at radius 3 is 2.60 bits per heavy atom. The lowest BCUT2D eigenvalue weighted by Gasteiger charge is -2.15. The molecule has 0 spiro atoms. The van der Waals surface area contributed by atoms with Gasteiger partial charge >= 0.3 is 6.18 Å². The topological polar surface area (TPSA) is 29.1 Å². The molecule has 0 aromatic heterocycles. The number of halogens is 3. The second-order valence-electron chi connectivity index (χ2n) is 6.91. The first kappa shape index (κ1) is 19.3. The van der Waals surface area contributed by atoms with E-state index in [1.54, 1.807) is 18.2 Å². The molecule has 3 atom stereocenters. The van der Waals surface area contributed by atoms with Gasteiger partial charge < -0.3 is 5.32 Å². The van der Waals surface area contributed by atoms with Gasteiger partial charge in [-0.1, -0.05) is 50.3 Å². The molecule has 2 nitrogen and oxygen atoms in total. The van der Waals surface area contributed by atoms with Gasteiger partial charge in [0.1, 0.15) is 0 Å². The Morgan fingerprint density at radius 1 is 1.24 bits per heavy atom. The molecule has 0 heterocycles. The predicted molar refractivity (Wildman–Crippen MR) is 93.0 cm³/mol. The molecule has 1 amide bonds. The van der Waals surface area contributed by atoms with Crippen molar-refractivity contribution in [1.29, 1.82) is 0 Å². The average Bonchev–Trinajstić information content (AvgIpc) is 3.30. The van der Waals surface area contributed by atoms with E-state index >= 15 is 0 Å². The van der Waals surface area contributed by atoms with Gasteiger partial charge in [-0.25, -0.2) is 0 Å². The quantitative estimate of drug-likeness (QED) is 0.562. The molecule has 1 aliphatic rings. The van der Waals surface area contributed by atoms with Crippen LogP contribution >= 0.6 is 0 Å². The van der Waals surface area contributed by atoms with E-state index in [0.717, 1.165) is 18.1 Å². The van der Waals surface area contributed by atoms with Gasteiger partial charge in [-0.05, 0) is 42.7 Å². The number of hydrogen-bond donors (Lipinski definition) is 1. The van der Waals surface area contributed by atoms with Gasteiger partial charge in [-0.3, -0.25) is 4.79 Å². The number of amides is 1. The molecule has 136 valence electrons. The Labute approximate surface area is 146 Å². The molecule has 0 bridgehead atoms. The third kappa shape index (κ3) is 5.76. The van der Waals surface area contributed by atoms with Gasteiger partial charge in [-0.15, -0.1) is 0 Å². The van der Waals surface area contributed by atoms with E-state index in [1.165, 1.54) is 18.2 Å². The summed E-state index contributed by atoms with van der Waals surface area (Å²) in [6.07, 6.45) is 3.40. The lowest BCUT2D eigenvalue weighted by Crippen LogP contribution is -2.34. The van der Waals surface area contributed by atoms with Crippen molar-refractivity contribution in [2.45, 2.75) is 45.3 Å². The molecule has 1 aliphatic carbocycles. The van der Waals surface area contributed by atoms with Gasteiger partial charge in [0.15, 0.2) is 0 Å². The van der Waals surface area contributed by atoms with Crippen molar-refractivity contribution in [2.24, 2.45) is 11.8 Å². The predicted octanol–water partition coefficient (Wildman–Crippen LogP) is 5.08. The number of nitrogens with one attached hydrogen (secondary N) is 1. The van der Waals surface area contributed by atoms with Crippen molar-refractivity contribution < 1.29 is 18.0 Å². The van der Waals surface area contributed by atoms with E-state index in [9.17, 15) is 18.0 Å². The Balaban J connectivity index is 1.85. The van der Waals surface area contributed by atoms with Crippen molar-refractivity contribution in [3.05, 3.63) is 59.7 Å². The Bertz CT molecular complexity index is 661. The largest absolute Gasteiger partial charge is 0.416 e. The standard InChI is InChI=1S/C20H24F3NO/c1-13(2)14(3)24-19(25)10-5-4-7-16-12-18(16)15-8-6-9-17(11-15)20(21,22)23/h4-11,13-14,16,18H,12H2,1-3H3,(H,24,25)/t14?,16-,18-/m1/s1. The Kier molecular flexibility index (Phi) is 6.09. The van der Waals surface area contributed by atoms with Crippen molar-refractivity contribution in [2.75, 3.05) is 0 Å². The molecule has 2 rings (SSSR count). The SMILES string of the molecule is CC(C)C(C)NC(=O)C=CC=C[C@@H]1C[C@@H]1c1cccc(C(F)(F)F)c1. The number of alkyl halides is 3. The number of carbonyl (C=O) groups is 1. The summed E-state index contributed by atoms with van der Waals surface area (Å²) in [5.74, 6) is 0.580. The fourth-order valence-corrected chi connectivity index (χ4v) is 2.55. The third-order valence-corrected chi connectivity index (χ3v) is 4.57. The lowest BCUT2D eigenvalue weighted by molar-refractivity contribution is -0.137. The molecule has 25 heavy (non-hydrogen) atoms. The van der Waals surface area contributed by atoms with Crippen LogP contribution in [0.3, 0.4) is 0 Å². The van der Waals surface area contributed by atoms with E-state index in [-0.39, 0.29) is 23.8 Å². The van der Waals surface area contributed by atoms with Gasteiger partial charge in [0.2, 0.25) is 5.91 Å². The molecule has 1 aromatic rings. The first-order valence-electron chi connectivity index (χ1n) is 8.51. The highest BCUT2D eigenvalue weighted by Gasteiger charge is 2.38. The van der Waals surface area contributed by atoms with Crippen LogP contribution in [0.5, 0.6) is 0 Å². The van der Waals surface area contributed by atoms with Crippen LogP contribution in [-0.4, -0.2) is 11.9 Å². The van der Waals surface area contributed by atoms with Gasteiger partial charge in [0, 0.05) is 12.1 Å². The smallest absolute Gasteiger partial charge is 0.350 e. The van der Waals surface area contributed by atoms with Gasteiger partial charge in [-0.2, -0.15) is 13.2 Å². The fraction of sp³-hybridized carbons (Fsp3) is 0.450. The molecule has 0 aliphatic heterocycles. The van der Waals surface area contributed by atoms with Crippen LogP contribution in [0.25, 0.3) is 0 Å². The molecular weight excluding hydrogens is 327 g/mol. The van der Waals surface area contributed by atoms with Gasteiger partial charge in [0.25, 0.3) is 0 Å². The van der Waals surface area contributed by atoms with Crippen LogP contribution in [0.4, 0.5) is 13.2 Å². The molecule has 5 heteroatoms. The highest BCUT2D eigenvalue weighted by Crippen LogP contribution is 2.49. The summed E-state index contributed by atoms with van der Waals surface area (Å²) in [6, 6.07) is 5.63. The summed E-state index contributed by atoms with van der Waals surface area (Å²) in [7, 11) is 0. The zero-order chi connectivity index (χ0) is 18.6. The minimum atomic E-state index is -4.31. The number of hydrogen-bond acceptors (Lipinski definition) is 1. The first-order chi connectivity index (χ1) is 11.7. The summed E-state index contributed by atoms with van der Waals surface area (Å²) in [6.45, 7) is 6.03. The highest BCUT2D eigenvalue weighted by atomic mass is 19.4. The zero-order valence-electron chi connectivity index (χ0n) is 14.7. The van der Waals surface area contributed by atoms with Crippen molar-refractivity contribution in [3.8, 4) is 0 Å². The maximum Gasteiger partial charge on any atom is 0.416 e. The van der Waals surface area contributed by atoms with Crippen LogP contribution in [0.1, 0.15) is 44.2 Å². The molecule has 0 radical (unpaired) electrons. The molecule has 0 saturated heterocycles. The number of rotatable bonds is 6. The Morgan fingerprint density at radius 2 is 1.96 bits per heavy atom. The lowest BCUT2D eigenvalue weighted by atomic mass is 10.1. The molecule has 1 N–H and O–H groups in total. The van der Waals surface area contributed by atoms with Crippen LogP contribution in [0, 0.1) is 11.8 Å². The molecule has 1 unspecified atom stereocenters. The monoisotopic (exact) mass is 351 g/mol. The van der Waals surface area contributed by atoms with Crippen molar-refractivity contribution in [1.82, 2.24) is 5.32 Å². The first-order valence-corrected chi connectivity index (χ1v) is 8.51. The van der Waals surface area contributed by atoms with Crippen molar-refractivity contribution in [3.63, 3.8) is 0 Å². The maximum atomic E-state index is 12.8. The van der Waals surface area contributed by atoms with Crippen LogP contribution in [0.2, 0.25) is 0 Å². The van der Waals surface area contributed by atoms with E-state index in [2.05, 4.69) is 5.32 Å². The number of allylic oxidation sites excluding steroid dienone is 3. The molecule has 1 fully saturated rings. The average molecular weight is 351 g/mol. The minimum absolute atomic E-state index is 0.106. The summed E-state index contributed by atoms with van der Waals surface area (Å²) in [5, 5.41) is 2.87. The fourth-order valence-electron chi connectivity index (χ4n) is 2.55. The number of carbonyl (C=O) groups excluding carboxylic acids is 1. The normalized spacial score (nSPS) is 21.9.